The number of guanidine groups is 1. The second-order valence-corrected chi connectivity index (χ2v) is 6.68. The molecule has 1 aliphatic carbocycles. The van der Waals surface area contributed by atoms with Gasteiger partial charge in [-0.2, -0.15) is 0 Å². The van der Waals surface area contributed by atoms with Crippen molar-refractivity contribution in [1.29, 1.82) is 0 Å². The second kappa shape index (κ2) is 10.5. The molecule has 0 unspecified atom stereocenters. The van der Waals surface area contributed by atoms with Gasteiger partial charge in [-0.25, -0.2) is 0 Å². The zero-order valence-corrected chi connectivity index (χ0v) is 18.6. The smallest absolute Gasteiger partial charge is 0.191 e. The van der Waals surface area contributed by atoms with E-state index in [2.05, 4.69) is 57.9 Å². The standard InChI is InChI=1S/C19H28N6O.HI/c1-4-25-13-23-24-18(25)11-22-19(20-3)21-10-16-8-5-14(2)9-17(16)26-12-15-6-7-15;/h5,8-9,13,15H,4,6-7,10-12H2,1-3H3,(H2,20,21,22);1H. The number of aliphatic imine (C=N–C) groups is 1. The highest BCUT2D eigenvalue weighted by atomic mass is 127. The van der Waals surface area contributed by atoms with Crippen LogP contribution in [0.3, 0.4) is 0 Å². The van der Waals surface area contributed by atoms with Gasteiger partial charge in [0.25, 0.3) is 0 Å². The van der Waals surface area contributed by atoms with E-state index < -0.39 is 0 Å². The Labute approximate surface area is 178 Å². The molecule has 7 nitrogen and oxygen atoms in total. The highest BCUT2D eigenvalue weighted by Gasteiger charge is 2.22. The molecule has 0 bridgehead atoms. The van der Waals surface area contributed by atoms with E-state index in [-0.39, 0.29) is 24.0 Å². The Hall–Kier alpha value is -1.84. The first kappa shape index (κ1) is 21.5. The van der Waals surface area contributed by atoms with Crippen LogP contribution in [0.4, 0.5) is 0 Å². The summed E-state index contributed by atoms with van der Waals surface area (Å²) >= 11 is 0. The summed E-state index contributed by atoms with van der Waals surface area (Å²) in [6.45, 7) is 7.05. The SMILES string of the molecule is CCn1cnnc1CNC(=NC)NCc1ccc(C)cc1OCC1CC1.I. The van der Waals surface area contributed by atoms with Gasteiger partial charge >= 0.3 is 0 Å². The van der Waals surface area contributed by atoms with E-state index in [1.165, 1.54) is 18.4 Å². The van der Waals surface area contributed by atoms with E-state index in [9.17, 15) is 0 Å². The van der Waals surface area contributed by atoms with Gasteiger partial charge in [-0.1, -0.05) is 12.1 Å². The van der Waals surface area contributed by atoms with Gasteiger partial charge in [0.05, 0.1) is 13.2 Å². The number of benzene rings is 1. The molecule has 0 saturated heterocycles. The van der Waals surface area contributed by atoms with Crippen molar-refractivity contribution in [2.75, 3.05) is 13.7 Å². The van der Waals surface area contributed by atoms with Crippen molar-refractivity contribution < 1.29 is 4.74 Å². The molecular formula is C19H29IN6O. The maximum Gasteiger partial charge on any atom is 0.191 e. The summed E-state index contributed by atoms with van der Waals surface area (Å²) in [6.07, 6.45) is 4.32. The van der Waals surface area contributed by atoms with Crippen LogP contribution in [0.15, 0.2) is 29.5 Å². The Morgan fingerprint density at radius 2 is 2.07 bits per heavy atom. The Balaban J connectivity index is 0.00000261. The molecule has 1 aromatic carbocycles. The maximum absolute atomic E-state index is 6.04. The molecule has 0 atom stereocenters. The molecule has 3 rings (SSSR count). The Morgan fingerprint density at radius 1 is 1.30 bits per heavy atom. The molecular weight excluding hydrogens is 455 g/mol. The first-order valence-electron chi connectivity index (χ1n) is 9.23. The van der Waals surface area contributed by atoms with E-state index in [4.69, 9.17) is 4.74 Å². The van der Waals surface area contributed by atoms with Crippen molar-refractivity contribution >= 4 is 29.9 Å². The van der Waals surface area contributed by atoms with Crippen molar-refractivity contribution in [2.45, 2.75) is 46.3 Å². The van der Waals surface area contributed by atoms with E-state index >= 15 is 0 Å². The number of ether oxygens (including phenoxy) is 1. The average Bonchev–Trinajstić information content (AvgIpc) is 3.37. The van der Waals surface area contributed by atoms with Crippen molar-refractivity contribution in [1.82, 2.24) is 25.4 Å². The van der Waals surface area contributed by atoms with Crippen LogP contribution in [0.1, 0.15) is 36.7 Å². The molecule has 1 aliphatic rings. The maximum atomic E-state index is 6.04. The molecule has 2 N–H and O–H groups in total. The van der Waals surface area contributed by atoms with E-state index in [0.29, 0.717) is 13.1 Å². The van der Waals surface area contributed by atoms with Gasteiger partial charge in [0.15, 0.2) is 11.8 Å². The fourth-order valence-electron chi connectivity index (χ4n) is 2.68. The summed E-state index contributed by atoms with van der Waals surface area (Å²) in [5, 5.41) is 14.7. The lowest BCUT2D eigenvalue weighted by molar-refractivity contribution is 0.296. The van der Waals surface area contributed by atoms with Crippen LogP contribution in [-0.2, 0) is 19.6 Å². The molecule has 1 saturated carbocycles. The normalized spacial score (nSPS) is 13.8. The minimum absolute atomic E-state index is 0. The van der Waals surface area contributed by atoms with Crippen LogP contribution in [0.2, 0.25) is 0 Å². The Bertz CT molecular complexity index is 756. The first-order chi connectivity index (χ1) is 12.7. The van der Waals surface area contributed by atoms with Crippen LogP contribution in [0.5, 0.6) is 5.75 Å². The zero-order valence-electron chi connectivity index (χ0n) is 16.2. The molecule has 1 heterocycles. The fraction of sp³-hybridized carbons (Fsp3) is 0.526. The predicted molar refractivity (Wildman–Crippen MR) is 118 cm³/mol. The lowest BCUT2D eigenvalue weighted by Gasteiger charge is -2.15. The third kappa shape index (κ3) is 6.37. The number of halogens is 1. The predicted octanol–water partition coefficient (Wildman–Crippen LogP) is 2.88. The summed E-state index contributed by atoms with van der Waals surface area (Å²) < 4.78 is 8.04. The van der Waals surface area contributed by atoms with Crippen LogP contribution in [0, 0.1) is 12.8 Å². The lowest BCUT2D eigenvalue weighted by atomic mass is 10.1. The zero-order chi connectivity index (χ0) is 18.4. The Morgan fingerprint density at radius 3 is 2.78 bits per heavy atom. The number of rotatable bonds is 8. The minimum atomic E-state index is 0. The van der Waals surface area contributed by atoms with E-state index in [0.717, 1.165) is 42.2 Å². The average molecular weight is 484 g/mol. The third-order valence-corrected chi connectivity index (χ3v) is 4.51. The minimum Gasteiger partial charge on any atom is -0.493 e. The first-order valence-corrected chi connectivity index (χ1v) is 9.23. The van der Waals surface area contributed by atoms with E-state index in [1.807, 2.05) is 4.57 Å². The number of aromatic nitrogens is 3. The monoisotopic (exact) mass is 484 g/mol. The fourth-order valence-corrected chi connectivity index (χ4v) is 2.68. The molecule has 1 aromatic heterocycles. The van der Waals surface area contributed by atoms with Crippen LogP contribution in [0.25, 0.3) is 0 Å². The quantitative estimate of drug-likeness (QED) is 0.343. The van der Waals surface area contributed by atoms with Gasteiger partial charge in [0.1, 0.15) is 12.1 Å². The summed E-state index contributed by atoms with van der Waals surface area (Å²) in [4.78, 5) is 4.29. The number of hydrogen-bond acceptors (Lipinski definition) is 4. The van der Waals surface area contributed by atoms with Crippen LogP contribution < -0.4 is 15.4 Å². The number of nitrogens with one attached hydrogen (secondary N) is 2. The number of aryl methyl sites for hydroxylation is 2. The van der Waals surface area contributed by atoms with Crippen LogP contribution in [-0.4, -0.2) is 34.4 Å². The molecule has 148 valence electrons. The summed E-state index contributed by atoms with van der Waals surface area (Å²) in [6, 6.07) is 6.34. The van der Waals surface area contributed by atoms with E-state index in [1.54, 1.807) is 13.4 Å². The second-order valence-electron chi connectivity index (χ2n) is 6.68. The van der Waals surface area contributed by atoms with Crippen molar-refractivity contribution in [3.05, 3.63) is 41.5 Å². The molecule has 0 amide bonds. The highest BCUT2D eigenvalue weighted by Crippen LogP contribution is 2.30. The number of hydrogen-bond donors (Lipinski definition) is 2. The van der Waals surface area contributed by atoms with Gasteiger partial charge in [-0.05, 0) is 44.2 Å². The largest absolute Gasteiger partial charge is 0.493 e. The molecule has 1 fully saturated rings. The van der Waals surface area contributed by atoms with Gasteiger partial charge < -0.3 is 19.9 Å². The van der Waals surface area contributed by atoms with Gasteiger partial charge in [0, 0.05) is 25.7 Å². The van der Waals surface area contributed by atoms with Gasteiger partial charge in [-0.15, -0.1) is 34.2 Å². The lowest BCUT2D eigenvalue weighted by Crippen LogP contribution is -2.37. The molecule has 0 radical (unpaired) electrons. The van der Waals surface area contributed by atoms with Gasteiger partial charge in [0.2, 0.25) is 0 Å². The van der Waals surface area contributed by atoms with Crippen LogP contribution >= 0.6 is 24.0 Å². The van der Waals surface area contributed by atoms with Crippen molar-refractivity contribution in [2.24, 2.45) is 10.9 Å². The molecule has 2 aromatic rings. The topological polar surface area (TPSA) is 76.4 Å². The van der Waals surface area contributed by atoms with Crippen molar-refractivity contribution in [3.8, 4) is 5.75 Å². The molecule has 0 spiro atoms. The Kier molecular flexibility index (Phi) is 8.33. The summed E-state index contributed by atoms with van der Waals surface area (Å²) in [5.41, 5.74) is 2.34. The van der Waals surface area contributed by atoms with Gasteiger partial charge in [-0.3, -0.25) is 4.99 Å². The molecule has 8 heteroatoms. The third-order valence-electron chi connectivity index (χ3n) is 4.51. The summed E-state index contributed by atoms with van der Waals surface area (Å²) in [7, 11) is 1.76. The molecule has 0 aliphatic heterocycles. The summed E-state index contributed by atoms with van der Waals surface area (Å²) in [5.74, 6) is 3.32. The number of nitrogens with zero attached hydrogens (tertiary/aromatic N) is 4. The highest BCUT2D eigenvalue weighted by molar-refractivity contribution is 14.0. The van der Waals surface area contributed by atoms with Crippen molar-refractivity contribution in [3.63, 3.8) is 0 Å². The molecule has 27 heavy (non-hydrogen) atoms.